The van der Waals surface area contributed by atoms with Gasteiger partial charge in [-0.05, 0) is 66.3 Å². The van der Waals surface area contributed by atoms with Crippen LogP contribution in [0, 0.1) is 0 Å². The van der Waals surface area contributed by atoms with Crippen molar-refractivity contribution in [2.75, 3.05) is 7.11 Å². The van der Waals surface area contributed by atoms with Crippen molar-refractivity contribution in [2.45, 2.75) is 0 Å². The second kappa shape index (κ2) is 6.60. The van der Waals surface area contributed by atoms with E-state index in [4.69, 9.17) is 4.74 Å². The van der Waals surface area contributed by atoms with Crippen molar-refractivity contribution in [3.8, 4) is 5.75 Å². The fraction of sp³-hybridized carbons (Fsp3) is 0.0345. The average molecular weight is 384 g/mol. The maximum Gasteiger partial charge on any atom is 0.118 e. The number of hydrogen-bond acceptors (Lipinski definition) is 1. The molecule has 142 valence electrons. The maximum absolute atomic E-state index is 5.26. The summed E-state index contributed by atoms with van der Waals surface area (Å²) >= 11 is 0. The lowest BCUT2D eigenvalue weighted by atomic mass is 9.88. The quantitative estimate of drug-likeness (QED) is 0.171. The first-order valence-electron chi connectivity index (χ1n) is 10.2. The fourth-order valence-corrected chi connectivity index (χ4v) is 4.71. The molecule has 0 N–H and O–H groups in total. The zero-order valence-electron chi connectivity index (χ0n) is 16.7. The highest BCUT2D eigenvalue weighted by Crippen LogP contribution is 2.41. The van der Waals surface area contributed by atoms with Gasteiger partial charge in [0.2, 0.25) is 0 Å². The van der Waals surface area contributed by atoms with Crippen LogP contribution >= 0.6 is 0 Å². The molecule has 1 nitrogen and oxygen atoms in total. The second-order valence-electron chi connectivity index (χ2n) is 7.75. The Morgan fingerprint density at radius 2 is 1.13 bits per heavy atom. The zero-order chi connectivity index (χ0) is 20.1. The van der Waals surface area contributed by atoms with Crippen molar-refractivity contribution in [1.29, 1.82) is 0 Å². The Bertz CT molecular complexity index is 1510. The van der Waals surface area contributed by atoms with Gasteiger partial charge in [0.25, 0.3) is 0 Å². The molecule has 6 aromatic rings. The van der Waals surface area contributed by atoms with Crippen molar-refractivity contribution >= 4 is 55.2 Å². The summed E-state index contributed by atoms with van der Waals surface area (Å²) in [5.41, 5.74) is 2.39. The molecular weight excluding hydrogens is 364 g/mol. The van der Waals surface area contributed by atoms with E-state index in [-0.39, 0.29) is 0 Å². The van der Waals surface area contributed by atoms with Gasteiger partial charge in [-0.1, -0.05) is 91.0 Å². The standard InChI is InChI=1S/C29H20O/c1-30-22-16-12-19(13-17-22)11-14-20-15-18-27-25-9-3-6-21-5-2-8-24(28(21)25)26-10-4-7-23(20)29(26)27/h2-18H,1H3/b14-11+. The predicted octanol–water partition coefficient (Wildman–Crippen LogP) is 7.92. The van der Waals surface area contributed by atoms with Crippen LogP contribution in [0.1, 0.15) is 11.1 Å². The predicted molar refractivity (Wildman–Crippen MR) is 130 cm³/mol. The molecule has 0 aliphatic rings. The van der Waals surface area contributed by atoms with E-state index in [1.807, 2.05) is 12.1 Å². The molecule has 0 saturated heterocycles. The molecule has 1 heteroatoms. The summed E-state index contributed by atoms with van der Waals surface area (Å²) < 4.78 is 5.26. The van der Waals surface area contributed by atoms with E-state index in [1.165, 1.54) is 48.7 Å². The van der Waals surface area contributed by atoms with Gasteiger partial charge in [0.15, 0.2) is 0 Å². The van der Waals surface area contributed by atoms with E-state index in [2.05, 4.69) is 91.0 Å². The SMILES string of the molecule is COc1ccc(/C=C/c2ccc3c4cccc5cccc(c6cccc2c63)c54)cc1. The third kappa shape index (κ3) is 2.49. The lowest BCUT2D eigenvalue weighted by Gasteiger charge is -2.15. The van der Waals surface area contributed by atoms with Crippen LogP contribution in [0.5, 0.6) is 5.75 Å². The van der Waals surface area contributed by atoms with Gasteiger partial charge in [-0.15, -0.1) is 0 Å². The molecule has 30 heavy (non-hydrogen) atoms. The van der Waals surface area contributed by atoms with E-state index in [0.29, 0.717) is 0 Å². The van der Waals surface area contributed by atoms with Crippen molar-refractivity contribution in [2.24, 2.45) is 0 Å². The van der Waals surface area contributed by atoms with Gasteiger partial charge >= 0.3 is 0 Å². The molecule has 0 unspecified atom stereocenters. The highest BCUT2D eigenvalue weighted by molar-refractivity contribution is 6.33. The summed E-state index contributed by atoms with van der Waals surface area (Å²) in [5, 5.41) is 10.6. The summed E-state index contributed by atoms with van der Waals surface area (Å²) in [6.07, 6.45) is 4.38. The maximum atomic E-state index is 5.26. The molecule has 0 bridgehead atoms. The van der Waals surface area contributed by atoms with Crippen molar-refractivity contribution in [1.82, 2.24) is 0 Å². The lowest BCUT2D eigenvalue weighted by molar-refractivity contribution is 0.415. The molecule has 6 rings (SSSR count). The second-order valence-corrected chi connectivity index (χ2v) is 7.75. The number of methoxy groups -OCH3 is 1. The molecule has 0 atom stereocenters. The highest BCUT2D eigenvalue weighted by atomic mass is 16.5. The van der Waals surface area contributed by atoms with Crippen molar-refractivity contribution in [3.63, 3.8) is 0 Å². The van der Waals surface area contributed by atoms with E-state index in [0.717, 1.165) is 11.3 Å². The van der Waals surface area contributed by atoms with Gasteiger partial charge in [0.1, 0.15) is 5.75 Å². The Balaban J connectivity index is 1.62. The van der Waals surface area contributed by atoms with Gasteiger partial charge in [-0.3, -0.25) is 0 Å². The number of benzene rings is 6. The van der Waals surface area contributed by atoms with Gasteiger partial charge in [-0.25, -0.2) is 0 Å². The first-order valence-corrected chi connectivity index (χ1v) is 10.2. The van der Waals surface area contributed by atoms with Crippen LogP contribution < -0.4 is 4.74 Å². The topological polar surface area (TPSA) is 9.23 Å². The summed E-state index contributed by atoms with van der Waals surface area (Å²) in [6, 6.07) is 32.6. The van der Waals surface area contributed by atoms with Crippen LogP contribution in [0.4, 0.5) is 0 Å². The molecule has 0 aliphatic carbocycles. The molecule has 0 heterocycles. The normalized spacial score (nSPS) is 12.0. The van der Waals surface area contributed by atoms with E-state index >= 15 is 0 Å². The number of rotatable bonds is 3. The van der Waals surface area contributed by atoms with Crippen molar-refractivity contribution < 1.29 is 4.74 Å². The molecule has 0 fully saturated rings. The van der Waals surface area contributed by atoms with E-state index in [9.17, 15) is 0 Å². The Labute approximate surface area is 175 Å². The Morgan fingerprint density at radius 3 is 1.83 bits per heavy atom. The fourth-order valence-electron chi connectivity index (χ4n) is 4.71. The first kappa shape index (κ1) is 17.1. The van der Waals surface area contributed by atoms with E-state index in [1.54, 1.807) is 7.11 Å². The minimum absolute atomic E-state index is 0.876. The molecule has 0 radical (unpaired) electrons. The third-order valence-electron chi connectivity index (χ3n) is 6.13. The zero-order valence-corrected chi connectivity index (χ0v) is 16.7. The molecule has 0 aromatic heterocycles. The van der Waals surface area contributed by atoms with Crippen LogP contribution in [0.2, 0.25) is 0 Å². The lowest BCUT2D eigenvalue weighted by Crippen LogP contribution is -1.88. The molecule has 0 saturated carbocycles. The summed E-state index contributed by atoms with van der Waals surface area (Å²) in [6.45, 7) is 0. The van der Waals surface area contributed by atoms with Crippen LogP contribution in [-0.4, -0.2) is 7.11 Å². The Kier molecular flexibility index (Phi) is 3.75. The van der Waals surface area contributed by atoms with Gasteiger partial charge in [0.05, 0.1) is 7.11 Å². The molecular formula is C29H20O. The minimum Gasteiger partial charge on any atom is -0.497 e. The smallest absolute Gasteiger partial charge is 0.118 e. The van der Waals surface area contributed by atoms with Gasteiger partial charge in [0, 0.05) is 0 Å². The Hall–Kier alpha value is -3.84. The van der Waals surface area contributed by atoms with Crippen molar-refractivity contribution in [3.05, 3.63) is 102 Å². The summed E-state index contributed by atoms with van der Waals surface area (Å²) in [5.74, 6) is 0.876. The largest absolute Gasteiger partial charge is 0.497 e. The van der Waals surface area contributed by atoms with E-state index < -0.39 is 0 Å². The summed E-state index contributed by atoms with van der Waals surface area (Å²) in [4.78, 5) is 0. The van der Waals surface area contributed by atoms with Gasteiger partial charge < -0.3 is 4.74 Å². The average Bonchev–Trinajstić information content (AvgIpc) is 2.81. The summed E-state index contributed by atoms with van der Waals surface area (Å²) in [7, 11) is 1.69. The van der Waals surface area contributed by atoms with Crippen LogP contribution in [0.25, 0.3) is 55.2 Å². The molecule has 0 spiro atoms. The van der Waals surface area contributed by atoms with Gasteiger partial charge in [-0.2, -0.15) is 0 Å². The number of ether oxygens (including phenoxy) is 1. The number of fused-ring (bicyclic) bond motifs is 2. The monoisotopic (exact) mass is 384 g/mol. The molecule has 6 aromatic carbocycles. The minimum atomic E-state index is 0.876. The van der Waals surface area contributed by atoms with Crippen LogP contribution in [0.3, 0.4) is 0 Å². The highest BCUT2D eigenvalue weighted by Gasteiger charge is 2.13. The number of hydrogen-bond donors (Lipinski definition) is 0. The molecule has 0 amide bonds. The Morgan fingerprint density at radius 1 is 0.533 bits per heavy atom. The van der Waals surface area contributed by atoms with Crippen LogP contribution in [0.15, 0.2) is 91.0 Å². The van der Waals surface area contributed by atoms with Crippen LogP contribution in [-0.2, 0) is 0 Å². The first-order chi connectivity index (χ1) is 14.8. The molecule has 0 aliphatic heterocycles. The third-order valence-corrected chi connectivity index (χ3v) is 6.13.